The van der Waals surface area contributed by atoms with E-state index in [0.29, 0.717) is 18.4 Å². The summed E-state index contributed by atoms with van der Waals surface area (Å²) in [5.74, 6) is 1.12. The van der Waals surface area contributed by atoms with E-state index in [1.807, 2.05) is 0 Å². The fourth-order valence-electron chi connectivity index (χ4n) is 0.286. The molecule has 0 aromatic rings. The van der Waals surface area contributed by atoms with Crippen LogP contribution in [0.3, 0.4) is 0 Å². The van der Waals surface area contributed by atoms with Crippen LogP contribution < -0.4 is 0 Å². The van der Waals surface area contributed by atoms with Crippen molar-refractivity contribution in [3.63, 3.8) is 0 Å². The minimum Gasteiger partial charge on any atom is -0.457 e. The van der Waals surface area contributed by atoms with Gasteiger partial charge in [-0.2, -0.15) is 0 Å². The lowest BCUT2D eigenvalue weighted by Gasteiger charge is -1.98. The second-order valence-electron chi connectivity index (χ2n) is 1.31. The zero-order valence-electron chi connectivity index (χ0n) is 5.74. The molecule has 5 heteroatoms. The van der Waals surface area contributed by atoms with Crippen molar-refractivity contribution in [2.45, 2.75) is 0 Å². The highest BCUT2D eigenvalue weighted by molar-refractivity contribution is 8.15. The Balaban J connectivity index is 2.70. The molecule has 0 atom stereocenters. The number of hydrogen-bond acceptors (Lipinski definition) is 5. The van der Waals surface area contributed by atoms with Crippen LogP contribution in [0.5, 0.6) is 0 Å². The Morgan fingerprint density at radius 1 is 1.40 bits per heavy atom. The zero-order valence-corrected chi connectivity index (χ0v) is 7.37. The largest absolute Gasteiger partial charge is 0.457 e. The average molecular weight is 182 g/mol. The molecule has 0 amide bonds. The molecule has 0 N–H and O–H groups in total. The number of methoxy groups -OCH3 is 1. The maximum atomic E-state index is 9.63. The molecule has 0 aliphatic carbocycles. The Bertz CT molecular complexity index is 79.3. The van der Waals surface area contributed by atoms with Gasteiger partial charge < -0.3 is 9.47 Å². The molecule has 60 valence electrons. The predicted molar refractivity (Wildman–Crippen MR) is 43.9 cm³/mol. The van der Waals surface area contributed by atoms with Crippen molar-refractivity contribution in [2.24, 2.45) is 0 Å². The summed E-state index contributed by atoms with van der Waals surface area (Å²) in [6.45, 7) is 0.452. The normalized spacial score (nSPS) is 9.30. The van der Waals surface area contributed by atoms with Crippen LogP contribution >= 0.6 is 23.5 Å². The van der Waals surface area contributed by atoms with Crippen LogP contribution in [0.1, 0.15) is 0 Å². The Kier molecular flexibility index (Phi) is 9.25. The third-order valence-corrected chi connectivity index (χ3v) is 2.63. The first-order valence-electron chi connectivity index (χ1n) is 2.61. The molecule has 0 aromatic heterocycles. The molecule has 0 unspecified atom stereocenters. The van der Waals surface area contributed by atoms with Gasteiger partial charge in [0, 0.05) is 12.2 Å². The van der Waals surface area contributed by atoms with Crippen LogP contribution in [-0.2, 0) is 14.3 Å². The zero-order chi connectivity index (χ0) is 7.66. The molecular formula is C5H10O3S2. The smallest absolute Gasteiger partial charge is 0.293 e. The molecule has 0 bridgehead atoms. The number of thioether (sulfide) groups is 2. The first-order chi connectivity index (χ1) is 4.91. The standard InChI is InChI=1S/C5H10O3S2/c1-7-3-9-5-10-4-8-2-6/h2H,3-5H2,1H3. The third kappa shape index (κ3) is 8.13. The van der Waals surface area contributed by atoms with Crippen molar-refractivity contribution >= 4 is 30.0 Å². The van der Waals surface area contributed by atoms with Gasteiger partial charge in [0.1, 0.15) is 5.94 Å². The summed E-state index contributed by atoms with van der Waals surface area (Å²) in [4.78, 5) is 9.63. The molecular weight excluding hydrogens is 172 g/mol. The summed E-state index contributed by atoms with van der Waals surface area (Å²) >= 11 is 3.20. The fourth-order valence-corrected chi connectivity index (χ4v) is 1.62. The van der Waals surface area contributed by atoms with Crippen LogP contribution in [0.2, 0.25) is 0 Å². The quantitative estimate of drug-likeness (QED) is 0.335. The fraction of sp³-hybridized carbons (Fsp3) is 0.800. The molecule has 0 spiro atoms. The van der Waals surface area contributed by atoms with E-state index in [1.165, 1.54) is 0 Å². The minimum absolute atomic E-state index is 0.431. The topological polar surface area (TPSA) is 35.5 Å². The van der Waals surface area contributed by atoms with E-state index in [4.69, 9.17) is 4.74 Å². The van der Waals surface area contributed by atoms with Crippen molar-refractivity contribution in [2.75, 3.05) is 24.1 Å². The summed E-state index contributed by atoms with van der Waals surface area (Å²) in [7, 11) is 1.65. The molecule has 0 fully saturated rings. The van der Waals surface area contributed by atoms with Crippen LogP contribution in [0.4, 0.5) is 0 Å². The van der Waals surface area contributed by atoms with Crippen LogP contribution in [0.15, 0.2) is 0 Å². The van der Waals surface area contributed by atoms with Crippen molar-refractivity contribution in [1.29, 1.82) is 0 Å². The van der Waals surface area contributed by atoms with Crippen molar-refractivity contribution in [3.8, 4) is 0 Å². The SMILES string of the molecule is COCSCSCOC=O. The lowest BCUT2D eigenvalue weighted by Crippen LogP contribution is -1.87. The van der Waals surface area contributed by atoms with E-state index >= 15 is 0 Å². The van der Waals surface area contributed by atoms with Gasteiger partial charge in [-0.15, -0.1) is 23.5 Å². The molecule has 0 saturated heterocycles. The van der Waals surface area contributed by atoms with Crippen molar-refractivity contribution < 1.29 is 14.3 Å². The second kappa shape index (κ2) is 9.13. The Hall–Kier alpha value is 0.130. The van der Waals surface area contributed by atoms with E-state index in [2.05, 4.69) is 4.74 Å². The molecule has 0 aliphatic heterocycles. The summed E-state index contributed by atoms with van der Waals surface area (Å²) in [5, 5.41) is 0.891. The maximum absolute atomic E-state index is 9.63. The Labute approximate surface area is 68.8 Å². The molecule has 3 nitrogen and oxygen atoms in total. The number of ether oxygens (including phenoxy) is 2. The van der Waals surface area contributed by atoms with Gasteiger partial charge in [0.25, 0.3) is 6.47 Å². The van der Waals surface area contributed by atoms with E-state index < -0.39 is 0 Å². The predicted octanol–water partition coefficient (Wildman–Crippen LogP) is 1.14. The van der Waals surface area contributed by atoms with E-state index in [1.54, 1.807) is 30.6 Å². The Morgan fingerprint density at radius 3 is 2.70 bits per heavy atom. The van der Waals surface area contributed by atoms with E-state index in [-0.39, 0.29) is 0 Å². The average Bonchev–Trinajstić information content (AvgIpc) is 1.97. The third-order valence-electron chi connectivity index (χ3n) is 0.587. The van der Waals surface area contributed by atoms with Gasteiger partial charge in [-0.25, -0.2) is 0 Å². The van der Waals surface area contributed by atoms with Gasteiger partial charge in [0.15, 0.2) is 0 Å². The highest BCUT2D eigenvalue weighted by atomic mass is 32.2. The minimum atomic E-state index is 0.431. The van der Waals surface area contributed by atoms with Gasteiger partial charge in [-0.3, -0.25) is 4.79 Å². The van der Waals surface area contributed by atoms with Gasteiger partial charge in [-0.05, 0) is 0 Å². The number of hydrogen-bond donors (Lipinski definition) is 0. The molecule has 10 heavy (non-hydrogen) atoms. The van der Waals surface area contributed by atoms with E-state index in [0.717, 1.165) is 5.08 Å². The van der Waals surface area contributed by atoms with Crippen LogP contribution in [0.25, 0.3) is 0 Å². The van der Waals surface area contributed by atoms with Crippen LogP contribution in [-0.4, -0.2) is 30.5 Å². The van der Waals surface area contributed by atoms with Crippen molar-refractivity contribution in [1.82, 2.24) is 0 Å². The maximum Gasteiger partial charge on any atom is 0.293 e. The molecule has 0 radical (unpaired) electrons. The summed E-state index contributed by atoms with van der Waals surface area (Å²) in [5.41, 5.74) is 0. The van der Waals surface area contributed by atoms with Gasteiger partial charge in [-0.1, -0.05) is 0 Å². The van der Waals surface area contributed by atoms with Crippen molar-refractivity contribution in [3.05, 3.63) is 0 Å². The number of rotatable bonds is 7. The number of carbonyl (C=O) groups excluding carboxylic acids is 1. The number of carbonyl (C=O) groups is 1. The second-order valence-corrected chi connectivity index (χ2v) is 3.54. The molecule has 0 aliphatic rings. The first kappa shape index (κ1) is 10.1. The molecule has 0 aromatic carbocycles. The van der Waals surface area contributed by atoms with Gasteiger partial charge >= 0.3 is 0 Å². The molecule has 0 saturated carbocycles. The lowest BCUT2D eigenvalue weighted by molar-refractivity contribution is -0.126. The van der Waals surface area contributed by atoms with E-state index in [9.17, 15) is 4.79 Å². The first-order valence-corrected chi connectivity index (χ1v) is 4.92. The van der Waals surface area contributed by atoms with Crippen LogP contribution in [0, 0.1) is 0 Å². The summed E-state index contributed by atoms with van der Waals surface area (Å²) in [6.07, 6.45) is 0. The highest BCUT2D eigenvalue weighted by Gasteiger charge is 1.87. The highest BCUT2D eigenvalue weighted by Crippen LogP contribution is 2.10. The molecule has 0 heterocycles. The summed E-state index contributed by atoms with van der Waals surface area (Å²) < 4.78 is 9.23. The monoisotopic (exact) mass is 182 g/mol. The Morgan fingerprint density at radius 2 is 2.10 bits per heavy atom. The van der Waals surface area contributed by atoms with Gasteiger partial charge in [0.05, 0.1) is 5.94 Å². The molecule has 0 rings (SSSR count). The lowest BCUT2D eigenvalue weighted by atomic mass is 11.5. The summed E-state index contributed by atoms with van der Waals surface area (Å²) in [6, 6.07) is 0. The van der Waals surface area contributed by atoms with Gasteiger partial charge in [0.2, 0.25) is 0 Å².